The molecule has 2 aliphatic heterocycles. The van der Waals surface area contributed by atoms with Crippen LogP contribution >= 0.6 is 11.3 Å². The standard InChI is InChI=1S/C21H17N3O2S/c1-12-11-22-21(27-12)23-19(25)16-10-15-7-4-6-14-9-13-5-2-3-8-17(13)24(18(14)15)20(16)26/h2-5,7-11,16-17H,6H2,1H3,(H,22,23,25). The molecule has 0 saturated carbocycles. The van der Waals surface area contributed by atoms with Crippen LogP contribution in [-0.2, 0) is 9.59 Å². The van der Waals surface area contributed by atoms with Crippen LogP contribution in [0.5, 0.6) is 0 Å². The van der Waals surface area contributed by atoms with Gasteiger partial charge in [0.25, 0.3) is 0 Å². The number of allylic oxidation sites excluding steroid dienone is 6. The maximum Gasteiger partial charge on any atom is 0.244 e. The first kappa shape index (κ1) is 16.2. The number of carbonyl (C=O) groups excluding carboxylic acids is 2. The maximum absolute atomic E-state index is 13.3. The van der Waals surface area contributed by atoms with Crippen molar-refractivity contribution in [3.05, 3.63) is 82.1 Å². The van der Waals surface area contributed by atoms with Crippen LogP contribution < -0.4 is 5.32 Å². The number of nitrogens with zero attached hydrogens (tertiary/aromatic N) is 2. The number of rotatable bonds is 2. The zero-order valence-corrected chi connectivity index (χ0v) is 15.5. The molecule has 0 saturated heterocycles. The van der Waals surface area contributed by atoms with E-state index in [0.29, 0.717) is 5.13 Å². The largest absolute Gasteiger partial charge is 0.301 e. The first-order valence-electron chi connectivity index (χ1n) is 8.86. The van der Waals surface area contributed by atoms with Gasteiger partial charge in [0.1, 0.15) is 5.92 Å². The number of hydrogen-bond acceptors (Lipinski definition) is 4. The molecule has 5 rings (SSSR count). The summed E-state index contributed by atoms with van der Waals surface area (Å²) < 4.78 is 0. The van der Waals surface area contributed by atoms with Gasteiger partial charge in [0.15, 0.2) is 5.13 Å². The zero-order valence-electron chi connectivity index (χ0n) is 14.7. The quantitative estimate of drug-likeness (QED) is 0.806. The van der Waals surface area contributed by atoms with Gasteiger partial charge in [0.2, 0.25) is 11.8 Å². The third-order valence-electron chi connectivity index (χ3n) is 5.09. The van der Waals surface area contributed by atoms with Crippen molar-refractivity contribution in [2.24, 2.45) is 5.92 Å². The van der Waals surface area contributed by atoms with E-state index in [9.17, 15) is 9.59 Å². The molecule has 4 aliphatic rings. The van der Waals surface area contributed by atoms with Gasteiger partial charge < -0.3 is 5.32 Å². The van der Waals surface area contributed by atoms with E-state index < -0.39 is 5.92 Å². The Bertz CT molecular complexity index is 1050. The molecular formula is C21H17N3O2S. The van der Waals surface area contributed by atoms with Gasteiger partial charge in [-0.05, 0) is 30.1 Å². The Hall–Kier alpha value is -2.99. The van der Waals surface area contributed by atoms with Gasteiger partial charge in [-0.25, -0.2) is 4.98 Å². The van der Waals surface area contributed by atoms with Crippen LogP contribution in [0.25, 0.3) is 0 Å². The average molecular weight is 375 g/mol. The fraction of sp³-hybridized carbons (Fsp3) is 0.190. The minimum absolute atomic E-state index is 0.158. The molecule has 0 spiro atoms. The molecule has 0 radical (unpaired) electrons. The Morgan fingerprint density at radius 3 is 3.04 bits per heavy atom. The molecule has 3 heterocycles. The highest BCUT2D eigenvalue weighted by molar-refractivity contribution is 7.15. The molecule has 0 aromatic carbocycles. The highest BCUT2D eigenvalue weighted by atomic mass is 32.1. The number of hydrogen-bond donors (Lipinski definition) is 1. The van der Waals surface area contributed by atoms with Crippen LogP contribution in [-0.4, -0.2) is 27.7 Å². The molecule has 5 nitrogen and oxygen atoms in total. The molecular weight excluding hydrogens is 358 g/mol. The van der Waals surface area contributed by atoms with Crippen LogP contribution in [0.4, 0.5) is 5.13 Å². The van der Waals surface area contributed by atoms with Crippen molar-refractivity contribution in [3.63, 3.8) is 0 Å². The number of aromatic nitrogens is 1. The first-order chi connectivity index (χ1) is 13.1. The molecule has 0 fully saturated rings. The second kappa shape index (κ2) is 6.03. The summed E-state index contributed by atoms with van der Waals surface area (Å²) in [5.74, 6) is -1.40. The number of anilines is 1. The lowest BCUT2D eigenvalue weighted by Crippen LogP contribution is -2.50. The molecule has 27 heavy (non-hydrogen) atoms. The van der Waals surface area contributed by atoms with E-state index >= 15 is 0 Å². The summed E-state index contributed by atoms with van der Waals surface area (Å²) in [4.78, 5) is 33.2. The molecule has 1 aromatic rings. The van der Waals surface area contributed by atoms with E-state index in [-0.39, 0.29) is 17.9 Å². The van der Waals surface area contributed by atoms with Crippen molar-refractivity contribution in [2.45, 2.75) is 19.4 Å². The number of thiazole rings is 1. The van der Waals surface area contributed by atoms with Crippen molar-refractivity contribution >= 4 is 28.3 Å². The molecule has 6 heteroatoms. The van der Waals surface area contributed by atoms with Gasteiger partial charge in [-0.1, -0.05) is 48.6 Å². The summed E-state index contributed by atoms with van der Waals surface area (Å²) in [6, 6.07) is -0.158. The predicted molar refractivity (Wildman–Crippen MR) is 105 cm³/mol. The van der Waals surface area contributed by atoms with E-state index in [1.807, 2.05) is 37.3 Å². The maximum atomic E-state index is 13.3. The minimum atomic E-state index is -0.865. The minimum Gasteiger partial charge on any atom is -0.301 e. The van der Waals surface area contributed by atoms with E-state index in [1.165, 1.54) is 11.3 Å². The van der Waals surface area contributed by atoms with Crippen LogP contribution in [0.3, 0.4) is 0 Å². The third-order valence-corrected chi connectivity index (χ3v) is 5.92. The summed E-state index contributed by atoms with van der Waals surface area (Å²) in [6.07, 6.45) is 18.5. The second-order valence-electron chi connectivity index (χ2n) is 6.89. The summed E-state index contributed by atoms with van der Waals surface area (Å²) in [6.45, 7) is 1.93. The van der Waals surface area contributed by atoms with Crippen LogP contribution in [0.1, 0.15) is 11.3 Å². The van der Waals surface area contributed by atoms with Crippen LogP contribution in [0.2, 0.25) is 0 Å². The SMILES string of the molecule is Cc1cnc(NC(=O)C2C=C3C=CCC4=C3N(C2=O)C2C=CC=CC2=C4)s1. The Balaban J connectivity index is 1.55. The van der Waals surface area contributed by atoms with E-state index in [2.05, 4.69) is 22.5 Å². The lowest BCUT2D eigenvalue weighted by atomic mass is 9.81. The van der Waals surface area contributed by atoms with E-state index in [4.69, 9.17) is 0 Å². The predicted octanol–water partition coefficient (Wildman–Crippen LogP) is 3.42. The molecule has 2 amide bonds. The summed E-state index contributed by atoms with van der Waals surface area (Å²) in [5, 5.41) is 3.31. The van der Waals surface area contributed by atoms with Gasteiger partial charge in [-0.2, -0.15) is 0 Å². The van der Waals surface area contributed by atoms with Gasteiger partial charge >= 0.3 is 0 Å². The fourth-order valence-corrected chi connectivity index (χ4v) is 4.58. The Kier molecular flexibility index (Phi) is 3.62. The summed E-state index contributed by atoms with van der Waals surface area (Å²) in [5.41, 5.74) is 4.07. The Morgan fingerprint density at radius 1 is 1.33 bits per heavy atom. The topological polar surface area (TPSA) is 62.3 Å². The van der Waals surface area contributed by atoms with E-state index in [1.54, 1.807) is 17.2 Å². The molecule has 2 atom stereocenters. The van der Waals surface area contributed by atoms with Gasteiger partial charge in [0.05, 0.1) is 11.7 Å². The first-order valence-corrected chi connectivity index (χ1v) is 9.68. The summed E-state index contributed by atoms with van der Waals surface area (Å²) in [7, 11) is 0. The number of fused-ring (bicyclic) bond motifs is 2. The molecule has 2 unspecified atom stereocenters. The number of aryl methyl sites for hydroxylation is 1. The van der Waals surface area contributed by atoms with Crippen molar-refractivity contribution in [2.75, 3.05) is 5.32 Å². The van der Waals surface area contributed by atoms with E-state index in [0.717, 1.165) is 33.7 Å². The van der Waals surface area contributed by atoms with Gasteiger partial charge in [0, 0.05) is 11.1 Å². The van der Waals surface area contributed by atoms with Gasteiger partial charge in [-0.3, -0.25) is 14.5 Å². The fourth-order valence-electron chi connectivity index (χ4n) is 3.92. The molecule has 2 aliphatic carbocycles. The summed E-state index contributed by atoms with van der Waals surface area (Å²) >= 11 is 1.40. The number of nitrogens with one attached hydrogen (secondary N) is 1. The number of carbonyl (C=O) groups is 2. The average Bonchev–Trinajstić information content (AvgIpc) is 3.08. The zero-order chi connectivity index (χ0) is 18.5. The molecule has 1 N–H and O–H groups in total. The van der Waals surface area contributed by atoms with Crippen molar-refractivity contribution in [3.8, 4) is 0 Å². The Labute approximate surface area is 160 Å². The molecule has 1 aromatic heterocycles. The van der Waals surface area contributed by atoms with Crippen molar-refractivity contribution < 1.29 is 9.59 Å². The van der Waals surface area contributed by atoms with Gasteiger partial charge in [-0.15, -0.1) is 11.3 Å². The lowest BCUT2D eigenvalue weighted by molar-refractivity contribution is -0.137. The number of amides is 2. The third kappa shape index (κ3) is 2.56. The van der Waals surface area contributed by atoms with Crippen molar-refractivity contribution in [1.29, 1.82) is 0 Å². The molecule has 0 bridgehead atoms. The van der Waals surface area contributed by atoms with Crippen molar-refractivity contribution in [1.82, 2.24) is 9.88 Å². The Morgan fingerprint density at radius 2 is 2.22 bits per heavy atom. The highest BCUT2D eigenvalue weighted by Gasteiger charge is 2.43. The van der Waals surface area contributed by atoms with Crippen LogP contribution in [0, 0.1) is 12.8 Å². The second-order valence-corrected chi connectivity index (χ2v) is 8.12. The van der Waals surface area contributed by atoms with Crippen LogP contribution in [0.15, 0.2) is 77.2 Å². The lowest BCUT2D eigenvalue weighted by Gasteiger charge is -2.43. The monoisotopic (exact) mass is 375 g/mol. The molecule has 134 valence electrons. The highest BCUT2D eigenvalue weighted by Crippen LogP contribution is 2.41. The smallest absolute Gasteiger partial charge is 0.244 e. The normalized spacial score (nSPS) is 25.1.